The molecule has 2 aromatic rings. The number of nitrogens with zero attached hydrogens (tertiary/aromatic N) is 2. The second kappa shape index (κ2) is 7.63. The summed E-state index contributed by atoms with van der Waals surface area (Å²) < 4.78 is 21.6. The van der Waals surface area contributed by atoms with Gasteiger partial charge in [-0.1, -0.05) is 0 Å². The van der Waals surface area contributed by atoms with Gasteiger partial charge in [0.1, 0.15) is 0 Å². The summed E-state index contributed by atoms with van der Waals surface area (Å²) >= 11 is 1.26. The molecule has 1 aromatic heterocycles. The molecule has 0 radical (unpaired) electrons. The number of methoxy groups -OCH3 is 3. The Labute approximate surface area is 177 Å². The van der Waals surface area contributed by atoms with Gasteiger partial charge in [-0.3, -0.25) is 9.69 Å². The van der Waals surface area contributed by atoms with E-state index < -0.39 is 11.6 Å². The third-order valence-corrected chi connectivity index (χ3v) is 6.54. The minimum Gasteiger partial charge on any atom is -0.493 e. The molecule has 0 bridgehead atoms. The first-order valence-corrected chi connectivity index (χ1v) is 10.1. The van der Waals surface area contributed by atoms with Crippen molar-refractivity contribution in [3.63, 3.8) is 0 Å². The predicted molar refractivity (Wildman–Crippen MR) is 108 cm³/mol. The highest BCUT2D eigenvalue weighted by Gasteiger charge is 2.53. The zero-order valence-electron chi connectivity index (χ0n) is 16.7. The van der Waals surface area contributed by atoms with E-state index in [1.54, 1.807) is 24.3 Å². The Kier molecular flexibility index (Phi) is 5.13. The maximum absolute atomic E-state index is 13.1. The van der Waals surface area contributed by atoms with Gasteiger partial charge >= 0.3 is 0 Å². The number of carbonyl (C=O) groups is 1. The number of rotatable bonds is 5. The van der Waals surface area contributed by atoms with E-state index in [0.29, 0.717) is 33.4 Å². The average Bonchev–Trinajstić information content (AvgIpc) is 3.42. The van der Waals surface area contributed by atoms with E-state index in [2.05, 4.69) is 6.07 Å². The molecule has 8 nitrogen and oxygen atoms in total. The van der Waals surface area contributed by atoms with Gasteiger partial charge in [0.05, 0.1) is 50.0 Å². The van der Waals surface area contributed by atoms with Gasteiger partial charge in [-0.05, 0) is 29.8 Å². The van der Waals surface area contributed by atoms with Gasteiger partial charge in [-0.25, -0.2) is 0 Å². The van der Waals surface area contributed by atoms with Crippen molar-refractivity contribution in [1.29, 1.82) is 5.26 Å². The van der Waals surface area contributed by atoms with E-state index in [1.807, 2.05) is 0 Å². The van der Waals surface area contributed by atoms with Crippen molar-refractivity contribution < 1.29 is 28.5 Å². The third kappa shape index (κ3) is 2.91. The molecule has 156 valence electrons. The van der Waals surface area contributed by atoms with Crippen LogP contribution in [0.2, 0.25) is 0 Å². The quantitative estimate of drug-likeness (QED) is 0.775. The molecular weight excluding hydrogens is 408 g/mol. The van der Waals surface area contributed by atoms with Gasteiger partial charge in [0.2, 0.25) is 17.4 Å². The van der Waals surface area contributed by atoms with Crippen LogP contribution in [0.25, 0.3) is 0 Å². The summed E-state index contributed by atoms with van der Waals surface area (Å²) in [4.78, 5) is 14.4. The number of aliphatic hydroxyl groups is 1. The molecule has 9 heteroatoms. The predicted octanol–water partition coefficient (Wildman–Crippen LogP) is 2.95. The normalized spacial score (nSPS) is 23.2. The number of allylic oxidation sites excluding steroid dienone is 1. The van der Waals surface area contributed by atoms with Crippen molar-refractivity contribution in [3.05, 3.63) is 52.5 Å². The Morgan fingerprint density at radius 3 is 2.50 bits per heavy atom. The van der Waals surface area contributed by atoms with Crippen LogP contribution in [0.3, 0.4) is 0 Å². The highest BCUT2D eigenvalue weighted by atomic mass is 32.2. The molecule has 2 aliphatic rings. The van der Waals surface area contributed by atoms with Crippen LogP contribution in [0.4, 0.5) is 0 Å². The van der Waals surface area contributed by atoms with E-state index >= 15 is 0 Å². The van der Waals surface area contributed by atoms with E-state index in [4.69, 9.17) is 18.6 Å². The second-order valence-corrected chi connectivity index (χ2v) is 7.82. The van der Waals surface area contributed by atoms with Crippen LogP contribution >= 0.6 is 11.8 Å². The first-order chi connectivity index (χ1) is 14.5. The Morgan fingerprint density at radius 2 is 1.97 bits per heavy atom. The summed E-state index contributed by atoms with van der Waals surface area (Å²) in [5.41, 5.74) is -0.532. The number of benzene rings is 1. The fourth-order valence-electron chi connectivity index (χ4n) is 3.90. The molecule has 0 aliphatic carbocycles. The van der Waals surface area contributed by atoms with E-state index in [9.17, 15) is 15.2 Å². The van der Waals surface area contributed by atoms with Crippen LogP contribution < -0.4 is 14.2 Å². The molecule has 2 atom stereocenters. The lowest BCUT2D eigenvalue weighted by atomic mass is 9.85. The van der Waals surface area contributed by atoms with Crippen LogP contribution in [0.15, 0.2) is 45.5 Å². The molecule has 1 N–H and O–H groups in total. The lowest BCUT2D eigenvalue weighted by molar-refractivity contribution is -0.152. The number of fused-ring (bicyclic) bond motifs is 1. The van der Waals surface area contributed by atoms with Crippen molar-refractivity contribution in [1.82, 2.24) is 4.90 Å². The van der Waals surface area contributed by atoms with Crippen LogP contribution in [0.1, 0.15) is 23.7 Å². The standard InChI is InChI=1S/C21H20N2O6S/c1-26-15-7-12(8-16(27-2)19(15)28-3)13-9-18(24)23-20(14(13)10-22)30-11-21(23,25)17-5-4-6-29-17/h4-8,13,25H,9,11H2,1-3H3/t13-,21-/m0/s1. The Hall–Kier alpha value is -3.09. The Morgan fingerprint density at radius 1 is 1.27 bits per heavy atom. The van der Waals surface area contributed by atoms with E-state index in [0.717, 1.165) is 0 Å². The SMILES string of the molecule is COc1cc([C@@H]2CC(=O)N3C(=C2C#N)SC[C@]3(O)c2ccco2)cc(OC)c1OC. The largest absolute Gasteiger partial charge is 0.493 e. The molecular formula is C21H20N2O6S. The summed E-state index contributed by atoms with van der Waals surface area (Å²) in [5, 5.41) is 21.6. The van der Waals surface area contributed by atoms with Crippen molar-refractivity contribution in [3.8, 4) is 23.3 Å². The fraction of sp³-hybridized carbons (Fsp3) is 0.333. The van der Waals surface area contributed by atoms with Crippen LogP contribution in [0.5, 0.6) is 17.2 Å². The average molecular weight is 428 g/mol. The number of hydrogen-bond acceptors (Lipinski definition) is 8. The minimum absolute atomic E-state index is 0.00854. The molecule has 0 saturated carbocycles. The number of amides is 1. The monoisotopic (exact) mass is 428 g/mol. The molecule has 1 aromatic carbocycles. The molecule has 1 saturated heterocycles. The number of carbonyl (C=O) groups excluding carboxylic acids is 1. The Bertz CT molecular complexity index is 1030. The van der Waals surface area contributed by atoms with Crippen molar-refractivity contribution >= 4 is 17.7 Å². The highest BCUT2D eigenvalue weighted by Crippen LogP contribution is 2.52. The first-order valence-electron chi connectivity index (χ1n) is 9.14. The molecule has 0 unspecified atom stereocenters. The molecule has 2 aliphatic heterocycles. The topological polar surface area (TPSA) is 105 Å². The Balaban J connectivity index is 1.83. The highest BCUT2D eigenvalue weighted by molar-refractivity contribution is 8.03. The molecule has 30 heavy (non-hydrogen) atoms. The van der Waals surface area contributed by atoms with Gasteiger partial charge < -0.3 is 23.7 Å². The number of hydrogen-bond donors (Lipinski definition) is 1. The van der Waals surface area contributed by atoms with E-state index in [-0.39, 0.29) is 23.8 Å². The summed E-state index contributed by atoms with van der Waals surface area (Å²) in [6.45, 7) is 0. The summed E-state index contributed by atoms with van der Waals surface area (Å²) in [6, 6.07) is 8.99. The molecule has 3 heterocycles. The lowest BCUT2D eigenvalue weighted by Gasteiger charge is -2.36. The zero-order chi connectivity index (χ0) is 21.5. The fourth-order valence-corrected chi connectivity index (χ4v) is 5.24. The number of nitriles is 1. The minimum atomic E-state index is -1.62. The van der Waals surface area contributed by atoms with Crippen LogP contribution in [0, 0.1) is 11.3 Å². The van der Waals surface area contributed by atoms with Gasteiger partial charge in [0.25, 0.3) is 0 Å². The smallest absolute Gasteiger partial charge is 0.231 e. The van der Waals surface area contributed by atoms with Gasteiger partial charge in [-0.15, -0.1) is 11.8 Å². The summed E-state index contributed by atoms with van der Waals surface area (Å²) in [6.07, 6.45) is 1.45. The van der Waals surface area contributed by atoms with Crippen molar-refractivity contribution in [2.75, 3.05) is 27.1 Å². The summed E-state index contributed by atoms with van der Waals surface area (Å²) in [7, 11) is 4.53. The molecule has 4 rings (SSSR count). The second-order valence-electron chi connectivity index (χ2n) is 6.86. The molecule has 1 fully saturated rings. The maximum Gasteiger partial charge on any atom is 0.231 e. The van der Waals surface area contributed by atoms with Gasteiger partial charge in [0, 0.05) is 12.3 Å². The third-order valence-electron chi connectivity index (χ3n) is 5.32. The van der Waals surface area contributed by atoms with Crippen LogP contribution in [-0.4, -0.2) is 43.0 Å². The zero-order valence-corrected chi connectivity index (χ0v) is 17.5. The van der Waals surface area contributed by atoms with Crippen molar-refractivity contribution in [2.45, 2.75) is 18.1 Å². The number of ether oxygens (including phenoxy) is 3. The maximum atomic E-state index is 13.1. The van der Waals surface area contributed by atoms with Gasteiger partial charge in [-0.2, -0.15) is 5.26 Å². The number of furan rings is 1. The number of thioether (sulfide) groups is 1. The van der Waals surface area contributed by atoms with E-state index in [1.165, 1.54) is 44.3 Å². The molecule has 1 amide bonds. The lowest BCUT2D eigenvalue weighted by Crippen LogP contribution is -2.48. The first kappa shape index (κ1) is 20.2. The summed E-state index contributed by atoms with van der Waals surface area (Å²) in [5.74, 6) is 0.947. The van der Waals surface area contributed by atoms with Crippen molar-refractivity contribution in [2.24, 2.45) is 0 Å². The van der Waals surface area contributed by atoms with Gasteiger partial charge in [0.15, 0.2) is 17.3 Å². The molecule has 0 spiro atoms. The van der Waals surface area contributed by atoms with Crippen LogP contribution in [-0.2, 0) is 10.5 Å².